The monoisotopic (exact) mass is 1080 g/mol. The molecule has 0 radical (unpaired) electrons. The van der Waals surface area contributed by atoms with E-state index in [0.717, 1.165) is 73.0 Å². The Hall–Kier alpha value is -5.21. The molecule has 0 spiro atoms. The average molecular weight is 1080 g/mol. The van der Waals surface area contributed by atoms with E-state index in [1.54, 1.807) is 22.7 Å². The van der Waals surface area contributed by atoms with Crippen molar-refractivity contribution < 1.29 is 22.8 Å². The van der Waals surface area contributed by atoms with E-state index in [-0.39, 0.29) is 5.69 Å². The van der Waals surface area contributed by atoms with Gasteiger partial charge < -0.3 is 0 Å². The van der Waals surface area contributed by atoms with E-state index in [1.807, 2.05) is 64.3 Å². The van der Waals surface area contributed by atoms with Crippen molar-refractivity contribution in [2.45, 2.75) is 98.1 Å². The number of nitrogens with zero attached hydrogens (tertiary/aromatic N) is 1. The van der Waals surface area contributed by atoms with Gasteiger partial charge in [0.05, 0.1) is 26.4 Å². The largest absolute Gasteiger partial charge is 0.416 e. The third-order valence-corrected chi connectivity index (χ3v) is 21.8. The van der Waals surface area contributed by atoms with Crippen LogP contribution in [0.1, 0.15) is 114 Å². The van der Waals surface area contributed by atoms with Crippen LogP contribution in [0.25, 0.3) is 81.8 Å². The van der Waals surface area contributed by atoms with Crippen LogP contribution in [0.3, 0.4) is 0 Å². The highest BCUT2D eigenvalue weighted by Gasteiger charge is 2.43. The zero-order valence-corrected chi connectivity index (χ0v) is 46.0. The number of imide groups is 1. The lowest BCUT2D eigenvalue weighted by Crippen LogP contribution is -2.29. The minimum Gasteiger partial charge on any atom is -0.268 e. The molecule has 0 bridgehead atoms. The fourth-order valence-corrected chi connectivity index (χ4v) is 18.3. The molecular formula is C61H54F3NO2S6. The van der Waals surface area contributed by atoms with E-state index in [2.05, 4.69) is 94.4 Å². The molecule has 0 fully saturated rings. The van der Waals surface area contributed by atoms with Gasteiger partial charge in [-0.05, 0) is 96.5 Å². The van der Waals surface area contributed by atoms with Gasteiger partial charge in [0.25, 0.3) is 11.8 Å². The first-order valence-electron chi connectivity index (χ1n) is 25.4. The molecule has 7 heterocycles. The van der Waals surface area contributed by atoms with E-state index in [4.69, 9.17) is 0 Å². The lowest BCUT2D eigenvalue weighted by atomic mass is 9.95. The van der Waals surface area contributed by atoms with Crippen LogP contribution in [-0.2, 0) is 19.0 Å². The predicted molar refractivity (Wildman–Crippen MR) is 310 cm³/mol. The van der Waals surface area contributed by atoms with Gasteiger partial charge in [0.15, 0.2) is 0 Å². The molecule has 0 N–H and O–H groups in total. The van der Waals surface area contributed by atoms with Crippen LogP contribution in [0.2, 0.25) is 0 Å². The predicted octanol–water partition coefficient (Wildman–Crippen LogP) is 21.2. The quantitative estimate of drug-likeness (QED) is 0.0803. The standard InChI is InChI=1S/C61H54F3NO2S6/c1-5-9-17-35(7-3)31-41-27-29-45(68-41)49-43-33-47(37-19-13-11-14-20-37)70-54(43)50(46-30-28-42(69-46)32-36(8-4)18-10-6-2)44-34-48(71-55(44)49)56-57-51(53(72-56)38-21-15-12-16-22-38)52-58(73-57)60(67)65(59(52)66)40-25-23-39(24-26-40)61(62,63)64/h11-16,19-30,33-36H,5-10,17-18,31-32H2,1-4H3. The summed E-state index contributed by atoms with van der Waals surface area (Å²) in [7, 11) is 0. The Bertz CT molecular complexity index is 3510. The van der Waals surface area contributed by atoms with Gasteiger partial charge in [-0.3, -0.25) is 9.59 Å². The number of alkyl halides is 3. The smallest absolute Gasteiger partial charge is 0.268 e. The first kappa shape index (κ1) is 50.0. The number of halogens is 3. The molecule has 11 rings (SSSR count). The number of hydrogen-bond acceptors (Lipinski definition) is 8. The highest BCUT2D eigenvalue weighted by molar-refractivity contribution is 7.33. The molecule has 0 saturated carbocycles. The molecule has 2 amide bonds. The Morgan fingerprint density at radius 2 is 1.03 bits per heavy atom. The van der Waals surface area contributed by atoms with Crippen LogP contribution in [-0.4, -0.2) is 11.8 Å². The van der Waals surface area contributed by atoms with Gasteiger partial charge in [0.1, 0.15) is 4.88 Å². The van der Waals surface area contributed by atoms with Crippen molar-refractivity contribution in [3.8, 4) is 51.5 Å². The number of carbonyl (C=O) groups excluding carboxylic acids is 2. The Morgan fingerprint density at radius 3 is 1.56 bits per heavy atom. The van der Waals surface area contributed by atoms with E-state index in [9.17, 15) is 22.8 Å². The zero-order valence-electron chi connectivity index (χ0n) is 41.1. The normalized spacial score (nSPS) is 13.9. The maximum absolute atomic E-state index is 14.7. The van der Waals surface area contributed by atoms with Crippen molar-refractivity contribution in [1.82, 2.24) is 0 Å². The number of rotatable bonds is 18. The minimum absolute atomic E-state index is 0.113. The summed E-state index contributed by atoms with van der Waals surface area (Å²) < 4.78 is 44.2. The van der Waals surface area contributed by atoms with Crippen LogP contribution in [0, 0.1) is 11.8 Å². The van der Waals surface area contributed by atoms with Crippen molar-refractivity contribution in [2.24, 2.45) is 11.8 Å². The molecule has 6 aromatic heterocycles. The maximum atomic E-state index is 14.7. The van der Waals surface area contributed by atoms with Crippen LogP contribution in [0.4, 0.5) is 18.9 Å². The summed E-state index contributed by atoms with van der Waals surface area (Å²) >= 11 is 10.5. The van der Waals surface area contributed by atoms with Crippen molar-refractivity contribution in [1.29, 1.82) is 0 Å². The van der Waals surface area contributed by atoms with Crippen LogP contribution >= 0.6 is 68.0 Å². The lowest BCUT2D eigenvalue weighted by Gasteiger charge is -2.15. The number of benzene rings is 4. The zero-order chi connectivity index (χ0) is 50.5. The Kier molecular flexibility index (Phi) is 14.3. The third kappa shape index (κ3) is 9.39. The molecule has 4 aromatic carbocycles. The summed E-state index contributed by atoms with van der Waals surface area (Å²) in [4.78, 5) is 40.0. The summed E-state index contributed by atoms with van der Waals surface area (Å²) in [6.07, 6.45) is 7.27. The first-order chi connectivity index (χ1) is 35.5. The van der Waals surface area contributed by atoms with Crippen LogP contribution in [0.5, 0.6) is 0 Å². The Morgan fingerprint density at radius 1 is 0.493 bits per heavy atom. The second-order valence-corrected chi connectivity index (χ2v) is 25.7. The summed E-state index contributed by atoms with van der Waals surface area (Å²) in [5.74, 6) is 0.241. The summed E-state index contributed by atoms with van der Waals surface area (Å²) in [6.45, 7) is 9.19. The molecule has 1 aliphatic heterocycles. The molecule has 0 aliphatic carbocycles. The van der Waals surface area contributed by atoms with Gasteiger partial charge >= 0.3 is 6.18 Å². The van der Waals surface area contributed by atoms with E-state index in [0.29, 0.717) is 22.3 Å². The van der Waals surface area contributed by atoms with Gasteiger partial charge in [-0.15, -0.1) is 68.0 Å². The molecule has 10 aromatic rings. The topological polar surface area (TPSA) is 37.4 Å². The third-order valence-electron chi connectivity index (χ3n) is 14.5. The molecular weight excluding hydrogens is 1030 g/mol. The number of unbranched alkanes of at least 4 members (excludes halogenated alkanes) is 2. The fraction of sp³-hybridized carbons (Fsp3) is 0.279. The molecule has 372 valence electrons. The minimum atomic E-state index is -4.55. The molecule has 2 atom stereocenters. The van der Waals surface area contributed by atoms with E-state index >= 15 is 0 Å². The van der Waals surface area contributed by atoms with Crippen molar-refractivity contribution in [3.05, 3.63) is 147 Å². The van der Waals surface area contributed by atoms with E-state index in [1.165, 1.54) is 123 Å². The number of amides is 2. The average Bonchev–Trinajstić information content (AvgIpc) is 4.29. The molecule has 0 saturated heterocycles. The number of thiophene rings is 6. The number of fused-ring (bicyclic) bond motifs is 5. The molecule has 1 aliphatic rings. The highest BCUT2D eigenvalue weighted by atomic mass is 32.1. The number of hydrogen-bond donors (Lipinski definition) is 0. The Labute approximate surface area is 448 Å². The highest BCUT2D eigenvalue weighted by Crippen LogP contribution is 2.58. The van der Waals surface area contributed by atoms with Crippen molar-refractivity contribution in [2.75, 3.05) is 4.90 Å². The summed E-state index contributed by atoms with van der Waals surface area (Å²) in [5.41, 5.74) is 4.23. The maximum Gasteiger partial charge on any atom is 0.416 e. The number of anilines is 1. The van der Waals surface area contributed by atoms with Crippen LogP contribution < -0.4 is 4.90 Å². The second kappa shape index (κ2) is 20.8. The molecule has 3 nitrogen and oxygen atoms in total. The Balaban J connectivity index is 1.13. The van der Waals surface area contributed by atoms with Gasteiger partial charge in [-0.25, -0.2) is 4.90 Å². The SMILES string of the molecule is CCCCC(CC)Cc1ccc(-c2c3cc(-c4sc(-c5ccccc5)c5c6c(sc45)C(=O)N(c4ccc(C(F)(F)F)cc4)C6=O)sc3c(-c3ccc(CC(CC)CCCC)s3)c3cc(-c4ccccc4)sc23)s1. The van der Waals surface area contributed by atoms with Crippen LogP contribution in [0.15, 0.2) is 121 Å². The molecule has 2 unspecified atom stereocenters. The van der Waals surface area contributed by atoms with Gasteiger partial charge in [0.2, 0.25) is 0 Å². The van der Waals surface area contributed by atoms with Gasteiger partial charge in [-0.1, -0.05) is 140 Å². The van der Waals surface area contributed by atoms with Gasteiger partial charge in [-0.2, -0.15) is 13.2 Å². The number of carbonyl (C=O) groups is 2. The molecule has 73 heavy (non-hydrogen) atoms. The summed E-state index contributed by atoms with van der Waals surface area (Å²) in [6, 6.07) is 39.2. The molecule has 12 heteroatoms. The summed E-state index contributed by atoms with van der Waals surface area (Å²) in [5, 5.41) is 3.18. The van der Waals surface area contributed by atoms with Gasteiger partial charge in [0, 0.05) is 70.8 Å². The first-order valence-corrected chi connectivity index (χ1v) is 30.3. The second-order valence-electron chi connectivity index (χ2n) is 19.2. The lowest BCUT2D eigenvalue weighted by molar-refractivity contribution is -0.137. The van der Waals surface area contributed by atoms with Crippen molar-refractivity contribution in [3.63, 3.8) is 0 Å². The fourth-order valence-electron chi connectivity index (χ4n) is 10.5. The van der Waals surface area contributed by atoms with E-state index < -0.39 is 23.6 Å². The van der Waals surface area contributed by atoms with Crippen molar-refractivity contribution >= 4 is 116 Å².